The molecule has 2 aromatic rings. The molecule has 0 aliphatic heterocycles. The summed E-state index contributed by atoms with van der Waals surface area (Å²) in [5.41, 5.74) is 4.34. The van der Waals surface area contributed by atoms with Gasteiger partial charge in [-0.15, -0.1) is 0 Å². The zero-order chi connectivity index (χ0) is 29.9. The van der Waals surface area contributed by atoms with Crippen molar-refractivity contribution in [2.45, 2.75) is 85.2 Å². The molecular weight excluding hydrogens is 524 g/mol. The van der Waals surface area contributed by atoms with Crippen LogP contribution in [0.15, 0.2) is 42.5 Å². The van der Waals surface area contributed by atoms with Crippen LogP contribution in [0.2, 0.25) is 0 Å². The average Bonchev–Trinajstić information content (AvgIpc) is 3.33. The molecule has 2 saturated carbocycles. The molecule has 6 heteroatoms. The Kier molecular flexibility index (Phi) is 9.16. The van der Waals surface area contributed by atoms with Crippen LogP contribution in [0.3, 0.4) is 0 Å². The van der Waals surface area contributed by atoms with Crippen molar-refractivity contribution in [2.24, 2.45) is 17.3 Å². The number of hydrogen-bond donors (Lipinski definition) is 0. The van der Waals surface area contributed by atoms with E-state index in [4.69, 9.17) is 9.47 Å². The number of amides is 2. The zero-order valence-corrected chi connectivity index (χ0v) is 25.9. The number of ether oxygens (including phenoxy) is 2. The van der Waals surface area contributed by atoms with Crippen LogP contribution in [-0.4, -0.2) is 54.3 Å². The molecule has 3 aliphatic rings. The fourth-order valence-corrected chi connectivity index (χ4v) is 7.91. The molecular formula is C36H46N2O4. The van der Waals surface area contributed by atoms with E-state index in [1.54, 1.807) is 9.80 Å². The first-order valence-electron chi connectivity index (χ1n) is 16.0. The summed E-state index contributed by atoms with van der Waals surface area (Å²) in [4.78, 5) is 29.3. The third kappa shape index (κ3) is 5.76. The van der Waals surface area contributed by atoms with Crippen LogP contribution in [0.4, 0.5) is 9.59 Å². The molecule has 0 spiro atoms. The number of carbonyl (C=O) groups excluding carboxylic acids is 2. The summed E-state index contributed by atoms with van der Waals surface area (Å²) >= 11 is 0. The SMILES string of the molecule is CCN(CC)C(=O)Oc1cc2c(cc1C#Cc1ccccc1)[C@H]1CC[C@]3(C)[C@@H](OC(=O)N(CC)CC)CC[C@H]3[C@@H]1CC2. The lowest BCUT2D eigenvalue weighted by Gasteiger charge is -2.50. The number of carbonyl (C=O) groups is 2. The molecule has 5 atom stereocenters. The Morgan fingerprint density at radius 2 is 1.57 bits per heavy atom. The van der Waals surface area contributed by atoms with E-state index in [1.807, 2.05) is 58.0 Å². The van der Waals surface area contributed by atoms with E-state index < -0.39 is 0 Å². The highest BCUT2D eigenvalue weighted by Gasteiger charge is 2.56. The van der Waals surface area contributed by atoms with Gasteiger partial charge < -0.3 is 19.3 Å². The standard InChI is InChI=1S/C36H46N2O4/c1-6-37(7-2)34(39)41-32-24-26-17-18-29-28(30(26)23-27(32)16-15-25-13-11-10-12-14-25)21-22-36(5)31(29)19-20-33(36)42-35(40)38(8-3)9-4/h10-14,23-24,28-29,31,33H,6-9,17-22H2,1-5H3/t28-,29+,31-,33-,36-/m0/s1. The molecule has 0 saturated heterocycles. The van der Waals surface area contributed by atoms with Gasteiger partial charge in [0.1, 0.15) is 11.9 Å². The average molecular weight is 571 g/mol. The number of rotatable bonds is 6. The van der Waals surface area contributed by atoms with E-state index in [-0.39, 0.29) is 23.7 Å². The van der Waals surface area contributed by atoms with Gasteiger partial charge in [0.2, 0.25) is 0 Å². The first-order chi connectivity index (χ1) is 20.3. The number of aryl methyl sites for hydroxylation is 1. The van der Waals surface area contributed by atoms with Gasteiger partial charge in [0.05, 0.1) is 5.56 Å². The molecule has 0 bridgehead atoms. The second kappa shape index (κ2) is 12.8. The summed E-state index contributed by atoms with van der Waals surface area (Å²) in [5, 5.41) is 0. The van der Waals surface area contributed by atoms with Crippen LogP contribution in [0.5, 0.6) is 5.75 Å². The van der Waals surface area contributed by atoms with Gasteiger partial charge in [0.25, 0.3) is 0 Å². The molecule has 224 valence electrons. The summed E-state index contributed by atoms with van der Waals surface area (Å²) in [5.74, 6) is 8.71. The number of hydrogen-bond acceptors (Lipinski definition) is 4. The zero-order valence-electron chi connectivity index (χ0n) is 25.9. The smallest absolute Gasteiger partial charge is 0.415 e. The second-order valence-electron chi connectivity index (χ2n) is 12.3. The van der Waals surface area contributed by atoms with Crippen molar-refractivity contribution in [1.82, 2.24) is 9.80 Å². The molecule has 0 unspecified atom stereocenters. The first-order valence-corrected chi connectivity index (χ1v) is 16.0. The van der Waals surface area contributed by atoms with Crippen LogP contribution in [0.25, 0.3) is 0 Å². The molecule has 6 nitrogen and oxygen atoms in total. The Labute approximate surface area is 251 Å². The fourth-order valence-electron chi connectivity index (χ4n) is 7.91. The van der Waals surface area contributed by atoms with Crippen molar-refractivity contribution in [1.29, 1.82) is 0 Å². The van der Waals surface area contributed by atoms with Crippen LogP contribution >= 0.6 is 0 Å². The van der Waals surface area contributed by atoms with Gasteiger partial charge in [-0.2, -0.15) is 0 Å². The van der Waals surface area contributed by atoms with Gasteiger partial charge in [-0.05, 0) is 119 Å². The highest BCUT2D eigenvalue weighted by Crippen LogP contribution is 2.61. The molecule has 2 amide bonds. The van der Waals surface area contributed by atoms with Crippen LogP contribution < -0.4 is 4.74 Å². The maximum atomic E-state index is 13.0. The lowest BCUT2D eigenvalue weighted by molar-refractivity contribution is -0.0401. The molecule has 2 aromatic carbocycles. The van der Waals surface area contributed by atoms with Gasteiger partial charge in [0, 0.05) is 37.2 Å². The Bertz CT molecular complexity index is 1340. The molecule has 2 fully saturated rings. The van der Waals surface area contributed by atoms with Gasteiger partial charge in [-0.1, -0.05) is 37.0 Å². The topological polar surface area (TPSA) is 59.1 Å². The largest absolute Gasteiger partial charge is 0.446 e. The fraction of sp³-hybridized carbons (Fsp3) is 0.556. The van der Waals surface area contributed by atoms with Gasteiger partial charge in [-0.25, -0.2) is 9.59 Å². The van der Waals surface area contributed by atoms with Gasteiger partial charge in [0.15, 0.2) is 0 Å². The van der Waals surface area contributed by atoms with Crippen LogP contribution in [0.1, 0.15) is 94.9 Å². The minimum absolute atomic E-state index is 0.0106. The van der Waals surface area contributed by atoms with Gasteiger partial charge in [-0.3, -0.25) is 0 Å². The van der Waals surface area contributed by atoms with Crippen LogP contribution in [-0.2, 0) is 11.2 Å². The first kappa shape index (κ1) is 30.0. The predicted molar refractivity (Wildman–Crippen MR) is 166 cm³/mol. The van der Waals surface area contributed by atoms with Crippen molar-refractivity contribution in [3.63, 3.8) is 0 Å². The van der Waals surface area contributed by atoms with Crippen LogP contribution in [0, 0.1) is 29.1 Å². The minimum Gasteiger partial charge on any atom is -0.446 e. The van der Waals surface area contributed by atoms with E-state index in [9.17, 15) is 9.59 Å². The van der Waals surface area contributed by atoms with Crippen molar-refractivity contribution >= 4 is 12.2 Å². The lowest BCUT2D eigenvalue weighted by Crippen LogP contribution is -2.46. The molecule has 0 aromatic heterocycles. The van der Waals surface area contributed by atoms with Crippen molar-refractivity contribution < 1.29 is 19.1 Å². The van der Waals surface area contributed by atoms with Crippen molar-refractivity contribution in [3.05, 3.63) is 64.7 Å². The Morgan fingerprint density at radius 3 is 2.26 bits per heavy atom. The molecule has 0 N–H and O–H groups in total. The quantitative estimate of drug-likeness (QED) is 0.335. The number of fused-ring (bicyclic) bond motifs is 5. The maximum Gasteiger partial charge on any atom is 0.415 e. The van der Waals surface area contributed by atoms with Crippen molar-refractivity contribution in [3.8, 4) is 17.6 Å². The molecule has 0 radical (unpaired) electrons. The minimum atomic E-state index is -0.332. The molecule has 42 heavy (non-hydrogen) atoms. The van der Waals surface area contributed by atoms with Gasteiger partial charge >= 0.3 is 12.2 Å². The number of benzene rings is 2. The summed E-state index contributed by atoms with van der Waals surface area (Å²) in [7, 11) is 0. The van der Waals surface area contributed by atoms with E-state index in [1.165, 1.54) is 11.1 Å². The third-order valence-corrected chi connectivity index (χ3v) is 10.3. The highest BCUT2D eigenvalue weighted by molar-refractivity contribution is 5.72. The Morgan fingerprint density at radius 1 is 0.881 bits per heavy atom. The summed E-state index contributed by atoms with van der Waals surface area (Å²) in [6, 6.07) is 14.2. The number of nitrogens with zero attached hydrogens (tertiary/aromatic N) is 2. The van der Waals surface area contributed by atoms with E-state index in [0.717, 1.165) is 49.7 Å². The predicted octanol–water partition coefficient (Wildman–Crippen LogP) is 7.63. The summed E-state index contributed by atoms with van der Waals surface area (Å²) in [6.07, 6.45) is 5.68. The maximum absolute atomic E-state index is 13.0. The summed E-state index contributed by atoms with van der Waals surface area (Å²) in [6.45, 7) is 12.8. The normalized spacial score (nSPS) is 25.6. The monoisotopic (exact) mass is 570 g/mol. The highest BCUT2D eigenvalue weighted by atomic mass is 16.6. The van der Waals surface area contributed by atoms with E-state index in [0.29, 0.717) is 49.7 Å². The molecule has 0 heterocycles. The molecule has 3 aliphatic carbocycles. The van der Waals surface area contributed by atoms with E-state index >= 15 is 0 Å². The molecule has 5 rings (SSSR count). The lowest BCUT2D eigenvalue weighted by atomic mass is 9.55. The summed E-state index contributed by atoms with van der Waals surface area (Å²) < 4.78 is 12.2. The van der Waals surface area contributed by atoms with Crippen molar-refractivity contribution in [2.75, 3.05) is 26.2 Å². The van der Waals surface area contributed by atoms with E-state index in [2.05, 4.69) is 30.9 Å². The Balaban J connectivity index is 1.44. The second-order valence-corrected chi connectivity index (χ2v) is 12.3. The third-order valence-electron chi connectivity index (χ3n) is 10.3. The Hall–Kier alpha value is -3.46.